The smallest absolute Gasteiger partial charge is 0.0626 e. The monoisotopic (exact) mass is 254 g/mol. The van der Waals surface area contributed by atoms with Crippen molar-refractivity contribution in [3.8, 4) is 0 Å². The standard InChI is InChI=1S/C16H18N2O/c1-16(17,11-19)10-18-14-8-4-2-6-12(14)13-7-3-5-9-15(13)18/h2-9,19H,10-11,17H2,1H3. The molecule has 3 rings (SSSR count). The number of hydrogen-bond donors (Lipinski definition) is 2. The molecular formula is C16H18N2O. The highest BCUT2D eigenvalue weighted by atomic mass is 16.3. The van der Waals surface area contributed by atoms with Crippen molar-refractivity contribution in [3.05, 3.63) is 48.5 Å². The molecule has 3 N–H and O–H groups in total. The number of aromatic nitrogens is 1. The van der Waals surface area contributed by atoms with E-state index in [0.717, 1.165) is 11.0 Å². The molecule has 3 nitrogen and oxygen atoms in total. The average Bonchev–Trinajstić information content (AvgIpc) is 2.74. The van der Waals surface area contributed by atoms with Crippen LogP contribution < -0.4 is 5.73 Å². The third-order valence-corrected chi connectivity index (χ3v) is 3.56. The lowest BCUT2D eigenvalue weighted by molar-refractivity contribution is 0.194. The van der Waals surface area contributed by atoms with Gasteiger partial charge in [-0.1, -0.05) is 36.4 Å². The van der Waals surface area contributed by atoms with Gasteiger partial charge in [0.1, 0.15) is 0 Å². The van der Waals surface area contributed by atoms with Crippen LogP contribution in [0.5, 0.6) is 0 Å². The summed E-state index contributed by atoms with van der Waals surface area (Å²) in [5.74, 6) is 0. The molecule has 1 atom stereocenters. The molecule has 0 saturated carbocycles. The van der Waals surface area contributed by atoms with E-state index in [1.54, 1.807) is 0 Å². The van der Waals surface area contributed by atoms with E-state index in [4.69, 9.17) is 5.73 Å². The van der Waals surface area contributed by atoms with Gasteiger partial charge in [0.15, 0.2) is 0 Å². The molecule has 2 aromatic carbocycles. The lowest BCUT2D eigenvalue weighted by Gasteiger charge is -2.23. The Balaban J connectivity index is 2.31. The number of fused-ring (bicyclic) bond motifs is 3. The van der Waals surface area contributed by atoms with Crippen LogP contribution in [0, 0.1) is 0 Å². The summed E-state index contributed by atoms with van der Waals surface area (Å²) in [7, 11) is 0. The van der Waals surface area contributed by atoms with E-state index in [1.807, 2.05) is 31.2 Å². The van der Waals surface area contributed by atoms with E-state index in [2.05, 4.69) is 28.8 Å². The molecule has 1 aromatic heterocycles. The fraction of sp³-hybridized carbons (Fsp3) is 0.250. The Labute approximate surface area is 112 Å². The van der Waals surface area contributed by atoms with Crippen LogP contribution in [0.15, 0.2) is 48.5 Å². The minimum absolute atomic E-state index is 0.0339. The SMILES string of the molecule is CC(N)(CO)Cn1c2ccccc2c2ccccc21. The van der Waals surface area contributed by atoms with Gasteiger partial charge in [-0.25, -0.2) is 0 Å². The van der Waals surface area contributed by atoms with Crippen LogP contribution >= 0.6 is 0 Å². The van der Waals surface area contributed by atoms with Crippen molar-refractivity contribution < 1.29 is 5.11 Å². The second-order valence-corrected chi connectivity index (χ2v) is 5.43. The Morgan fingerprint density at radius 1 is 1.00 bits per heavy atom. The fourth-order valence-corrected chi connectivity index (χ4v) is 2.58. The molecule has 0 aliphatic carbocycles. The van der Waals surface area contributed by atoms with Gasteiger partial charge in [0.25, 0.3) is 0 Å². The summed E-state index contributed by atoms with van der Waals surface area (Å²) in [6.45, 7) is 2.43. The number of para-hydroxylation sites is 2. The molecule has 98 valence electrons. The Bertz CT molecular complexity index is 675. The maximum Gasteiger partial charge on any atom is 0.0626 e. The van der Waals surface area contributed by atoms with Crippen LogP contribution in [-0.2, 0) is 6.54 Å². The number of nitrogens with zero attached hydrogens (tertiary/aromatic N) is 1. The molecular weight excluding hydrogens is 236 g/mol. The van der Waals surface area contributed by atoms with Crippen molar-refractivity contribution >= 4 is 21.8 Å². The Hall–Kier alpha value is -1.84. The molecule has 1 heterocycles. The van der Waals surface area contributed by atoms with Crippen LogP contribution in [0.25, 0.3) is 21.8 Å². The van der Waals surface area contributed by atoms with Gasteiger partial charge in [0.05, 0.1) is 12.1 Å². The molecule has 3 aromatic rings. The van der Waals surface area contributed by atoms with Crippen LogP contribution in [0.4, 0.5) is 0 Å². The zero-order chi connectivity index (χ0) is 13.5. The summed E-state index contributed by atoms with van der Waals surface area (Å²) in [5, 5.41) is 11.9. The van der Waals surface area contributed by atoms with Crippen molar-refractivity contribution in [3.63, 3.8) is 0 Å². The molecule has 0 saturated heterocycles. The zero-order valence-electron chi connectivity index (χ0n) is 11.0. The summed E-state index contributed by atoms with van der Waals surface area (Å²) >= 11 is 0. The van der Waals surface area contributed by atoms with Crippen molar-refractivity contribution in [1.29, 1.82) is 0 Å². The number of rotatable bonds is 3. The van der Waals surface area contributed by atoms with Gasteiger partial charge in [0.2, 0.25) is 0 Å². The van der Waals surface area contributed by atoms with Crippen molar-refractivity contribution in [2.45, 2.75) is 19.0 Å². The lowest BCUT2D eigenvalue weighted by atomic mass is 10.1. The third kappa shape index (κ3) is 2.01. The number of aliphatic hydroxyl groups excluding tert-OH is 1. The van der Waals surface area contributed by atoms with Crippen LogP contribution in [-0.4, -0.2) is 21.8 Å². The highest BCUT2D eigenvalue weighted by Crippen LogP contribution is 2.29. The summed E-state index contributed by atoms with van der Waals surface area (Å²) in [5.41, 5.74) is 7.82. The largest absolute Gasteiger partial charge is 0.394 e. The summed E-state index contributed by atoms with van der Waals surface area (Å²) in [4.78, 5) is 0. The highest BCUT2D eigenvalue weighted by Gasteiger charge is 2.20. The highest BCUT2D eigenvalue weighted by molar-refractivity contribution is 6.07. The second-order valence-electron chi connectivity index (χ2n) is 5.43. The molecule has 0 amide bonds. The first-order chi connectivity index (χ1) is 9.12. The maximum atomic E-state index is 9.40. The molecule has 0 aliphatic rings. The fourth-order valence-electron chi connectivity index (χ4n) is 2.58. The maximum absolute atomic E-state index is 9.40. The minimum atomic E-state index is -0.620. The first-order valence-corrected chi connectivity index (χ1v) is 6.48. The Kier molecular flexibility index (Phi) is 2.81. The summed E-state index contributed by atoms with van der Waals surface area (Å²) < 4.78 is 2.20. The van der Waals surface area contributed by atoms with Gasteiger partial charge in [0, 0.05) is 28.4 Å². The minimum Gasteiger partial charge on any atom is -0.394 e. The zero-order valence-corrected chi connectivity index (χ0v) is 11.0. The van der Waals surface area contributed by atoms with E-state index < -0.39 is 5.54 Å². The molecule has 0 aliphatic heterocycles. The first kappa shape index (κ1) is 12.2. The molecule has 19 heavy (non-hydrogen) atoms. The quantitative estimate of drug-likeness (QED) is 0.754. The van der Waals surface area contributed by atoms with Gasteiger partial charge in [-0.3, -0.25) is 0 Å². The van der Waals surface area contributed by atoms with E-state index in [0.29, 0.717) is 6.54 Å². The summed E-state index contributed by atoms with van der Waals surface area (Å²) in [6, 6.07) is 16.6. The lowest BCUT2D eigenvalue weighted by Crippen LogP contribution is -2.44. The number of nitrogens with two attached hydrogens (primary N) is 1. The van der Waals surface area contributed by atoms with Crippen LogP contribution in [0.1, 0.15) is 6.92 Å². The van der Waals surface area contributed by atoms with Gasteiger partial charge in [-0.15, -0.1) is 0 Å². The van der Waals surface area contributed by atoms with Crippen LogP contribution in [0.2, 0.25) is 0 Å². The van der Waals surface area contributed by atoms with Gasteiger partial charge in [-0.05, 0) is 19.1 Å². The molecule has 0 radical (unpaired) electrons. The molecule has 0 spiro atoms. The van der Waals surface area contributed by atoms with Gasteiger partial charge in [-0.2, -0.15) is 0 Å². The van der Waals surface area contributed by atoms with Crippen LogP contribution in [0.3, 0.4) is 0 Å². The van der Waals surface area contributed by atoms with Crippen molar-refractivity contribution in [1.82, 2.24) is 4.57 Å². The predicted molar refractivity (Wildman–Crippen MR) is 79.1 cm³/mol. The molecule has 3 heteroatoms. The van der Waals surface area contributed by atoms with Gasteiger partial charge >= 0.3 is 0 Å². The van der Waals surface area contributed by atoms with E-state index >= 15 is 0 Å². The average molecular weight is 254 g/mol. The second kappa shape index (κ2) is 4.37. The predicted octanol–water partition coefficient (Wildman–Crippen LogP) is 2.50. The van der Waals surface area contributed by atoms with Gasteiger partial charge < -0.3 is 15.4 Å². The van der Waals surface area contributed by atoms with E-state index in [-0.39, 0.29) is 6.61 Å². The molecule has 0 fully saturated rings. The number of hydrogen-bond acceptors (Lipinski definition) is 2. The first-order valence-electron chi connectivity index (χ1n) is 6.48. The Morgan fingerprint density at radius 3 is 1.95 bits per heavy atom. The topological polar surface area (TPSA) is 51.2 Å². The third-order valence-electron chi connectivity index (χ3n) is 3.56. The van der Waals surface area contributed by atoms with E-state index in [9.17, 15) is 5.11 Å². The number of aliphatic hydroxyl groups is 1. The molecule has 1 unspecified atom stereocenters. The normalized spacial score (nSPS) is 14.9. The van der Waals surface area contributed by atoms with Crippen molar-refractivity contribution in [2.75, 3.05) is 6.61 Å². The Morgan fingerprint density at radius 2 is 1.47 bits per heavy atom. The summed E-state index contributed by atoms with van der Waals surface area (Å²) in [6.07, 6.45) is 0. The van der Waals surface area contributed by atoms with E-state index in [1.165, 1.54) is 10.8 Å². The number of benzene rings is 2. The van der Waals surface area contributed by atoms with Crippen molar-refractivity contribution in [2.24, 2.45) is 5.73 Å². The molecule has 0 bridgehead atoms.